The number of nitrogens with zero attached hydrogens (tertiary/aromatic N) is 14. The summed E-state index contributed by atoms with van der Waals surface area (Å²) in [6, 6.07) is 3.38. The van der Waals surface area contributed by atoms with Crippen LogP contribution in [0.5, 0.6) is 0 Å². The predicted molar refractivity (Wildman–Crippen MR) is 265 cm³/mol. The maximum Gasteiger partial charge on any atom is 0.410 e. The number of aromatic nitrogens is 9. The van der Waals surface area contributed by atoms with E-state index < -0.39 is 17.7 Å². The molecule has 23 heteroatoms. The monoisotopic (exact) mass is 998 g/mol. The van der Waals surface area contributed by atoms with Crippen molar-refractivity contribution in [1.82, 2.24) is 64.7 Å². The lowest BCUT2D eigenvalue weighted by atomic mass is 9.91. The second-order valence-electron chi connectivity index (χ2n) is 21.6. The molecular weight excluding hydrogens is 940 g/mol. The second-order valence-corrected chi connectivity index (χ2v) is 21.6. The number of carbonyl (C=O) groups excluding carboxylic acids is 4. The van der Waals surface area contributed by atoms with Crippen LogP contribution >= 0.6 is 0 Å². The first kappa shape index (κ1) is 46.8. The van der Waals surface area contributed by atoms with Crippen LogP contribution in [0.1, 0.15) is 88.9 Å². The summed E-state index contributed by atoms with van der Waals surface area (Å²) in [7, 11) is 1.67. The average molecular weight is 999 g/mol. The van der Waals surface area contributed by atoms with Gasteiger partial charge in [-0.3, -0.25) is 29.4 Å². The zero-order chi connectivity index (χ0) is 50.4. The number of nitrogens with one attached hydrogen (secondary N) is 1. The van der Waals surface area contributed by atoms with Crippen LogP contribution < -0.4 is 20.9 Å². The topological polar surface area (TPSA) is 245 Å². The minimum atomic E-state index is -0.557. The first-order chi connectivity index (χ1) is 35.2. The Hall–Kier alpha value is -7.30. The highest BCUT2D eigenvalue weighted by molar-refractivity contribution is 6.09. The third kappa shape index (κ3) is 8.43. The van der Waals surface area contributed by atoms with Crippen LogP contribution in [-0.4, -0.2) is 155 Å². The largest absolute Gasteiger partial charge is 0.439 e. The fraction of sp³-hybridized carbons (Fsp3) is 0.540. The van der Waals surface area contributed by atoms with E-state index in [4.69, 9.17) is 30.1 Å². The maximum absolute atomic E-state index is 16.2. The van der Waals surface area contributed by atoms with E-state index in [1.807, 2.05) is 43.9 Å². The molecule has 0 spiro atoms. The molecule has 2 atom stereocenters. The molecule has 5 saturated heterocycles. The highest BCUT2D eigenvalue weighted by Gasteiger charge is 2.44. The fourth-order valence-electron chi connectivity index (χ4n) is 11.8. The molecule has 5 amide bonds. The van der Waals surface area contributed by atoms with Crippen molar-refractivity contribution in [2.24, 2.45) is 18.9 Å². The Morgan fingerprint density at radius 1 is 0.863 bits per heavy atom. The predicted octanol–water partition coefficient (Wildman–Crippen LogP) is 5.00. The van der Waals surface area contributed by atoms with Crippen molar-refractivity contribution in [3.05, 3.63) is 48.0 Å². The summed E-state index contributed by atoms with van der Waals surface area (Å²) in [5, 5.41) is 17.4. The van der Waals surface area contributed by atoms with Gasteiger partial charge in [0.15, 0.2) is 35.5 Å². The van der Waals surface area contributed by atoms with E-state index >= 15 is 4.39 Å². The second kappa shape index (κ2) is 18.0. The van der Waals surface area contributed by atoms with Crippen molar-refractivity contribution in [1.29, 1.82) is 0 Å². The summed E-state index contributed by atoms with van der Waals surface area (Å²) in [6.45, 7) is 11.5. The summed E-state index contributed by atoms with van der Waals surface area (Å²) in [6.07, 6.45) is 9.84. The Labute approximate surface area is 419 Å². The first-order valence-corrected chi connectivity index (χ1v) is 25.5. The zero-order valence-corrected chi connectivity index (χ0v) is 41.5. The molecule has 1 saturated carbocycles. The number of fused-ring (bicyclic) bond motifs is 3. The lowest BCUT2D eigenvalue weighted by Crippen LogP contribution is -2.49. The smallest absolute Gasteiger partial charge is 0.410 e. The Morgan fingerprint density at radius 3 is 2.26 bits per heavy atom. The summed E-state index contributed by atoms with van der Waals surface area (Å²) >= 11 is 0. The number of hydrogen-bond donors (Lipinski definition) is 2. The van der Waals surface area contributed by atoms with Gasteiger partial charge < -0.3 is 29.7 Å². The normalized spacial score (nSPS) is 21.5. The van der Waals surface area contributed by atoms with E-state index in [1.54, 1.807) is 22.9 Å². The number of urea groups is 1. The first-order valence-electron chi connectivity index (χ1n) is 25.5. The van der Waals surface area contributed by atoms with E-state index in [0.29, 0.717) is 119 Å². The molecule has 0 bridgehead atoms. The van der Waals surface area contributed by atoms with Gasteiger partial charge in [0.05, 0.1) is 22.2 Å². The number of nitrogen functional groups attached to an aromatic ring is 1. The van der Waals surface area contributed by atoms with Crippen LogP contribution in [0, 0.1) is 17.7 Å². The van der Waals surface area contributed by atoms with Crippen molar-refractivity contribution >= 4 is 63.2 Å². The lowest BCUT2D eigenvalue weighted by molar-refractivity contribution is -0.136. The van der Waals surface area contributed by atoms with Gasteiger partial charge in [-0.1, -0.05) is 5.16 Å². The molecule has 1 aromatic carbocycles. The number of amides is 5. The molecule has 3 N–H and O–H groups in total. The van der Waals surface area contributed by atoms with Gasteiger partial charge in [0.1, 0.15) is 29.0 Å². The van der Waals surface area contributed by atoms with E-state index in [9.17, 15) is 19.2 Å². The van der Waals surface area contributed by atoms with E-state index in [2.05, 4.69) is 35.3 Å². The van der Waals surface area contributed by atoms with Crippen LogP contribution in [0.15, 0.2) is 35.4 Å². The molecule has 2 unspecified atom stereocenters. The van der Waals surface area contributed by atoms with E-state index in [-0.39, 0.29) is 49.0 Å². The van der Waals surface area contributed by atoms with Crippen LogP contribution in [0.25, 0.3) is 44.7 Å². The number of aryl methyl sites for hydroxylation is 1. The lowest BCUT2D eigenvalue weighted by Gasteiger charge is -2.37. The highest BCUT2D eigenvalue weighted by atomic mass is 19.1. The van der Waals surface area contributed by atoms with Gasteiger partial charge in [0.25, 0.3) is 5.91 Å². The van der Waals surface area contributed by atoms with E-state index in [1.165, 1.54) is 15.9 Å². The molecule has 6 aromatic rings. The number of carbonyl (C=O) groups is 4. The molecule has 5 aromatic heterocycles. The number of halogens is 1. The van der Waals surface area contributed by atoms with Gasteiger partial charge in [-0.2, -0.15) is 10.2 Å². The van der Waals surface area contributed by atoms with Crippen LogP contribution in [0.3, 0.4) is 0 Å². The van der Waals surface area contributed by atoms with Gasteiger partial charge in [0.2, 0.25) is 5.91 Å². The molecule has 5 aliphatic heterocycles. The minimum Gasteiger partial charge on any atom is -0.439 e. The summed E-state index contributed by atoms with van der Waals surface area (Å²) in [5.74, 6) is 2.08. The van der Waals surface area contributed by atoms with Crippen LogP contribution in [0.4, 0.5) is 31.3 Å². The van der Waals surface area contributed by atoms with Gasteiger partial charge in [-0.05, 0) is 94.7 Å². The van der Waals surface area contributed by atoms with Crippen molar-refractivity contribution in [3.8, 4) is 22.8 Å². The Kier molecular flexibility index (Phi) is 11.5. The van der Waals surface area contributed by atoms with Crippen molar-refractivity contribution in [2.45, 2.75) is 89.1 Å². The molecule has 1 aliphatic carbocycles. The minimum absolute atomic E-state index is 0.135. The van der Waals surface area contributed by atoms with Gasteiger partial charge in [0, 0.05) is 102 Å². The number of likely N-dealkylation sites (tertiary alicyclic amines) is 3. The number of hydrogen-bond acceptors (Lipinski definition) is 16. The van der Waals surface area contributed by atoms with Crippen molar-refractivity contribution < 1.29 is 32.8 Å². The molecule has 12 rings (SSSR count). The summed E-state index contributed by atoms with van der Waals surface area (Å²) in [5.41, 5.74) is 10.2. The number of benzene rings is 1. The third-order valence-electron chi connectivity index (χ3n) is 15.9. The van der Waals surface area contributed by atoms with Crippen LogP contribution in [-0.2, 0) is 26.9 Å². The number of ether oxygens (including phenoxy) is 1. The Morgan fingerprint density at radius 2 is 1.58 bits per heavy atom. The molecule has 6 aliphatic rings. The molecule has 10 heterocycles. The number of anilines is 3. The fourth-order valence-corrected chi connectivity index (χ4v) is 11.8. The molecular formula is C50H59FN16O6. The molecule has 6 fully saturated rings. The summed E-state index contributed by atoms with van der Waals surface area (Å²) in [4.78, 5) is 78.8. The number of piperidine rings is 2. The Balaban J connectivity index is 0.607. The molecule has 0 radical (unpaired) electrons. The molecule has 22 nitrogen and oxygen atoms in total. The standard InChI is InChI=1S/C50H59FN16O6/c1-50(2,3)67-47-38(44(52)55-26-56-47)40(58-67)41-37(43(73-60-41)28-5-6-28)45-53-19-29(20-54-45)27-9-14-63(15-10-27)49(71)72-25-36(69)62-16-11-32(12-17-62)64-21-30-23-65(24-31(30)22-64)34-8-7-33-42(39(34)51)61(4)59-46(33)66-18-13-35(68)57-48(66)70/h7-8,19-20,26-28,30-32H,5-6,9-18,21-25H2,1-4H3,(H2,52,55,56)(H,57,68,70). The summed E-state index contributed by atoms with van der Waals surface area (Å²) < 4.78 is 31.1. The van der Waals surface area contributed by atoms with Crippen molar-refractivity contribution in [3.63, 3.8) is 0 Å². The van der Waals surface area contributed by atoms with Crippen LogP contribution in [0.2, 0.25) is 0 Å². The molecule has 382 valence electrons. The third-order valence-corrected chi connectivity index (χ3v) is 15.9. The number of rotatable bonds is 9. The maximum atomic E-state index is 16.2. The van der Waals surface area contributed by atoms with Crippen molar-refractivity contribution in [2.75, 3.05) is 81.0 Å². The van der Waals surface area contributed by atoms with E-state index in [0.717, 1.165) is 63.2 Å². The average Bonchev–Trinajstić information content (AvgIpc) is 3.70. The quantitative estimate of drug-likeness (QED) is 0.194. The SMILES string of the molecule is Cn1nc(N2CCC(=O)NC2=O)c2ccc(N3CC4CN(C5CCN(C(=O)COC(=O)N6CCC(c7cnc(-c8c(-c9nn(C(C)(C)C)c%10ncnc(N)c9%10)noc8C8CC8)nc7)CC6)CC5)CC4C3)c(F)c21. The van der Waals surface area contributed by atoms with Gasteiger partial charge in [-0.25, -0.2) is 38.6 Å². The zero-order valence-electron chi connectivity index (χ0n) is 41.5. The number of imide groups is 1. The molecule has 73 heavy (non-hydrogen) atoms. The highest BCUT2D eigenvalue weighted by Crippen LogP contribution is 2.48. The van der Waals surface area contributed by atoms with Gasteiger partial charge >= 0.3 is 12.1 Å². The Bertz CT molecular complexity index is 3150. The number of nitrogens with two attached hydrogens (primary N) is 1. The van der Waals surface area contributed by atoms with Gasteiger partial charge in [-0.15, -0.1) is 0 Å².